The highest BCUT2D eigenvalue weighted by Crippen LogP contribution is 2.26. The molecule has 3 heteroatoms. The van der Waals surface area contributed by atoms with Crippen LogP contribution < -0.4 is 0 Å². The average molecular weight is 288 g/mol. The van der Waals surface area contributed by atoms with E-state index in [9.17, 15) is 0 Å². The topological polar surface area (TPSA) is 12.9 Å². The number of aromatic nitrogens is 1. The van der Waals surface area contributed by atoms with Gasteiger partial charge in [0.25, 0.3) is 0 Å². The molecule has 1 nitrogen and oxygen atoms in total. The molecule has 0 fully saturated rings. The average Bonchev–Trinajstić information content (AvgIpc) is 2.39. The van der Waals surface area contributed by atoms with Crippen LogP contribution in [0.15, 0.2) is 48.5 Å². The van der Waals surface area contributed by atoms with Crippen molar-refractivity contribution >= 4 is 34.1 Å². The number of nitrogens with zero attached hydrogens (tertiary/aromatic N) is 1. The first-order chi connectivity index (χ1) is 9.13. The lowest BCUT2D eigenvalue weighted by Gasteiger charge is -2.06. The third-order valence-corrected chi connectivity index (χ3v) is 3.56. The van der Waals surface area contributed by atoms with E-state index in [2.05, 4.69) is 0 Å². The van der Waals surface area contributed by atoms with E-state index in [4.69, 9.17) is 28.2 Å². The number of pyridine rings is 1. The lowest BCUT2D eigenvalue weighted by molar-refractivity contribution is 1.36. The number of fused-ring (bicyclic) bond motifs is 1. The lowest BCUT2D eigenvalue weighted by atomic mass is 10.1. The minimum Gasteiger partial charge on any atom is -0.248 e. The summed E-state index contributed by atoms with van der Waals surface area (Å²) in [4.78, 5) is 4.71. The van der Waals surface area contributed by atoms with Gasteiger partial charge in [0.2, 0.25) is 0 Å². The zero-order chi connectivity index (χ0) is 13.4. The molecule has 0 radical (unpaired) electrons. The van der Waals surface area contributed by atoms with E-state index in [0.29, 0.717) is 0 Å². The summed E-state index contributed by atoms with van der Waals surface area (Å²) in [6.07, 6.45) is 0. The second-order valence-corrected chi connectivity index (χ2v) is 5.37. The molecule has 0 aliphatic rings. The Kier molecular flexibility index (Phi) is 3.17. The number of benzene rings is 2. The summed E-state index contributed by atoms with van der Waals surface area (Å²) < 4.78 is 0. The van der Waals surface area contributed by atoms with Crippen LogP contribution >= 0.6 is 23.2 Å². The molecule has 2 aromatic carbocycles. The maximum atomic E-state index is 6.06. The summed E-state index contributed by atoms with van der Waals surface area (Å²) in [6, 6.07) is 15.6. The lowest BCUT2D eigenvalue weighted by Crippen LogP contribution is -1.88. The summed E-state index contributed by atoms with van der Waals surface area (Å²) in [5.74, 6) is 0. The maximum Gasteiger partial charge on any atom is 0.0739 e. The fourth-order valence-corrected chi connectivity index (χ4v) is 2.56. The summed E-state index contributed by atoms with van der Waals surface area (Å²) in [5, 5.41) is 2.53. The first-order valence-electron chi connectivity index (χ1n) is 5.96. The Hall–Kier alpha value is -1.57. The van der Waals surface area contributed by atoms with Gasteiger partial charge in [-0.3, -0.25) is 0 Å². The SMILES string of the molecule is Cc1cc(Cl)cc2ccc(-c3ccc(Cl)cc3)nc12. The fraction of sp³-hybridized carbons (Fsp3) is 0.0625. The molecule has 0 spiro atoms. The Morgan fingerprint density at radius 3 is 2.32 bits per heavy atom. The standard InChI is InChI=1S/C16H11Cl2N/c1-10-8-14(18)9-12-4-7-15(19-16(10)12)11-2-5-13(17)6-3-11/h2-9H,1H3. The van der Waals surface area contributed by atoms with Crippen molar-refractivity contribution in [1.82, 2.24) is 4.98 Å². The largest absolute Gasteiger partial charge is 0.248 e. The van der Waals surface area contributed by atoms with Crippen molar-refractivity contribution in [3.8, 4) is 11.3 Å². The predicted molar refractivity (Wildman–Crippen MR) is 81.9 cm³/mol. The molecule has 0 aliphatic heterocycles. The van der Waals surface area contributed by atoms with Crippen molar-refractivity contribution in [3.05, 3.63) is 64.1 Å². The summed E-state index contributed by atoms with van der Waals surface area (Å²) in [7, 11) is 0. The van der Waals surface area contributed by atoms with Crippen LogP contribution in [0.3, 0.4) is 0 Å². The highest BCUT2D eigenvalue weighted by molar-refractivity contribution is 6.31. The molecular weight excluding hydrogens is 277 g/mol. The third-order valence-electron chi connectivity index (χ3n) is 3.09. The van der Waals surface area contributed by atoms with Gasteiger partial charge < -0.3 is 0 Å². The second kappa shape index (κ2) is 4.84. The Morgan fingerprint density at radius 2 is 1.58 bits per heavy atom. The zero-order valence-electron chi connectivity index (χ0n) is 10.3. The van der Waals surface area contributed by atoms with E-state index in [0.717, 1.165) is 37.8 Å². The highest BCUT2D eigenvalue weighted by atomic mass is 35.5. The van der Waals surface area contributed by atoms with Crippen LogP contribution in [-0.4, -0.2) is 4.98 Å². The van der Waals surface area contributed by atoms with Crippen molar-refractivity contribution in [3.63, 3.8) is 0 Å². The van der Waals surface area contributed by atoms with Gasteiger partial charge in [-0.15, -0.1) is 0 Å². The van der Waals surface area contributed by atoms with E-state index in [1.54, 1.807) is 0 Å². The first-order valence-corrected chi connectivity index (χ1v) is 6.72. The van der Waals surface area contributed by atoms with Crippen LogP contribution in [0.1, 0.15) is 5.56 Å². The van der Waals surface area contributed by atoms with Gasteiger partial charge in [-0.2, -0.15) is 0 Å². The molecular formula is C16H11Cl2N. The minimum atomic E-state index is 0.729. The van der Waals surface area contributed by atoms with Gasteiger partial charge in [-0.25, -0.2) is 4.98 Å². The van der Waals surface area contributed by atoms with Crippen LogP contribution in [-0.2, 0) is 0 Å². The molecule has 0 saturated heterocycles. The molecule has 0 amide bonds. The second-order valence-electron chi connectivity index (χ2n) is 4.50. The molecule has 0 saturated carbocycles. The Labute approximate surface area is 121 Å². The molecule has 0 aliphatic carbocycles. The molecule has 0 atom stereocenters. The fourth-order valence-electron chi connectivity index (χ4n) is 2.15. The molecule has 19 heavy (non-hydrogen) atoms. The quantitative estimate of drug-likeness (QED) is 0.574. The zero-order valence-corrected chi connectivity index (χ0v) is 11.8. The number of hydrogen-bond acceptors (Lipinski definition) is 1. The Bertz CT molecular complexity index is 749. The van der Waals surface area contributed by atoms with Gasteiger partial charge >= 0.3 is 0 Å². The van der Waals surface area contributed by atoms with Crippen LogP contribution in [0.2, 0.25) is 10.0 Å². The van der Waals surface area contributed by atoms with E-state index in [1.807, 2.05) is 55.5 Å². The summed E-state index contributed by atoms with van der Waals surface area (Å²) >= 11 is 12.0. The van der Waals surface area contributed by atoms with Gasteiger partial charge in [-0.1, -0.05) is 41.4 Å². The van der Waals surface area contributed by atoms with Gasteiger partial charge in [0.15, 0.2) is 0 Å². The molecule has 0 bridgehead atoms. The van der Waals surface area contributed by atoms with Crippen molar-refractivity contribution < 1.29 is 0 Å². The van der Waals surface area contributed by atoms with Crippen LogP contribution in [0.25, 0.3) is 22.2 Å². The van der Waals surface area contributed by atoms with E-state index in [-0.39, 0.29) is 0 Å². The molecule has 1 aromatic heterocycles. The van der Waals surface area contributed by atoms with Gasteiger partial charge in [-0.05, 0) is 42.8 Å². The van der Waals surface area contributed by atoms with E-state index in [1.165, 1.54) is 0 Å². The number of halogens is 2. The van der Waals surface area contributed by atoms with Crippen LogP contribution in [0.4, 0.5) is 0 Å². The van der Waals surface area contributed by atoms with Crippen molar-refractivity contribution in [1.29, 1.82) is 0 Å². The summed E-state index contributed by atoms with van der Waals surface area (Å²) in [6.45, 7) is 2.02. The van der Waals surface area contributed by atoms with Crippen molar-refractivity contribution in [2.45, 2.75) is 6.92 Å². The van der Waals surface area contributed by atoms with Gasteiger partial charge in [0.1, 0.15) is 0 Å². The molecule has 3 rings (SSSR count). The van der Waals surface area contributed by atoms with Gasteiger partial charge in [0.05, 0.1) is 11.2 Å². The number of hydrogen-bond donors (Lipinski definition) is 0. The highest BCUT2D eigenvalue weighted by Gasteiger charge is 2.05. The molecule has 0 unspecified atom stereocenters. The minimum absolute atomic E-state index is 0.729. The predicted octanol–water partition coefficient (Wildman–Crippen LogP) is 5.52. The molecule has 3 aromatic rings. The summed E-state index contributed by atoms with van der Waals surface area (Å²) in [5.41, 5.74) is 4.06. The van der Waals surface area contributed by atoms with Crippen molar-refractivity contribution in [2.75, 3.05) is 0 Å². The van der Waals surface area contributed by atoms with E-state index < -0.39 is 0 Å². The maximum absolute atomic E-state index is 6.06. The first kappa shape index (κ1) is 12.5. The van der Waals surface area contributed by atoms with Gasteiger partial charge in [0, 0.05) is 21.0 Å². The molecule has 1 heterocycles. The Balaban J connectivity index is 2.19. The smallest absolute Gasteiger partial charge is 0.0739 e. The monoisotopic (exact) mass is 287 g/mol. The third kappa shape index (κ3) is 2.44. The number of aryl methyl sites for hydroxylation is 1. The number of rotatable bonds is 1. The Morgan fingerprint density at radius 1 is 0.842 bits per heavy atom. The van der Waals surface area contributed by atoms with Crippen molar-refractivity contribution in [2.24, 2.45) is 0 Å². The molecule has 0 N–H and O–H groups in total. The van der Waals surface area contributed by atoms with E-state index >= 15 is 0 Å². The van der Waals surface area contributed by atoms with Crippen LogP contribution in [0.5, 0.6) is 0 Å². The molecule has 94 valence electrons. The normalized spacial score (nSPS) is 10.9. The van der Waals surface area contributed by atoms with Crippen LogP contribution in [0, 0.1) is 6.92 Å².